The first-order valence-corrected chi connectivity index (χ1v) is 10.2. The fourth-order valence-electron chi connectivity index (χ4n) is 2.70. The minimum atomic E-state index is 0. The van der Waals surface area contributed by atoms with E-state index < -0.39 is 0 Å². The summed E-state index contributed by atoms with van der Waals surface area (Å²) in [6.07, 6.45) is 0.884. The standard InChI is InChI=1S/C21H27N5OS.HI/c1-22-20(24-14-18-15-28-21(25-18)26(2)3)23-11-6-12-27-19-10-9-16-7-4-5-8-17(16)13-19;/h4-5,7-10,13,15H,6,11-12,14H2,1-3H3,(H2,22,23,24);1H. The SMILES string of the molecule is CN=C(NCCCOc1ccc2ccccc2c1)NCc1csc(N(C)C)n1.I. The monoisotopic (exact) mass is 525 g/mol. The molecule has 0 bridgehead atoms. The minimum Gasteiger partial charge on any atom is -0.494 e. The molecule has 0 amide bonds. The molecule has 0 aliphatic rings. The van der Waals surface area contributed by atoms with Crippen LogP contribution in [0.2, 0.25) is 0 Å². The van der Waals surface area contributed by atoms with Gasteiger partial charge in [-0.15, -0.1) is 35.3 Å². The van der Waals surface area contributed by atoms with Crippen LogP contribution in [0.5, 0.6) is 5.75 Å². The van der Waals surface area contributed by atoms with Gasteiger partial charge in [0.2, 0.25) is 0 Å². The summed E-state index contributed by atoms with van der Waals surface area (Å²) in [5, 5.41) is 12.1. The lowest BCUT2D eigenvalue weighted by Crippen LogP contribution is -2.37. The molecule has 156 valence electrons. The molecule has 0 saturated carbocycles. The zero-order valence-electron chi connectivity index (χ0n) is 17.0. The van der Waals surface area contributed by atoms with Gasteiger partial charge in [-0.3, -0.25) is 4.99 Å². The average Bonchev–Trinajstić information content (AvgIpc) is 3.19. The molecule has 0 radical (unpaired) electrons. The van der Waals surface area contributed by atoms with E-state index in [9.17, 15) is 0 Å². The van der Waals surface area contributed by atoms with Crippen molar-refractivity contribution in [3.8, 4) is 5.75 Å². The molecule has 0 spiro atoms. The Labute approximate surface area is 193 Å². The Balaban J connectivity index is 0.00000300. The van der Waals surface area contributed by atoms with Crippen LogP contribution in [0.4, 0.5) is 5.13 Å². The molecule has 2 N–H and O–H groups in total. The molecule has 8 heteroatoms. The Kier molecular flexibility index (Phi) is 9.46. The third-order valence-electron chi connectivity index (χ3n) is 4.19. The highest BCUT2D eigenvalue weighted by molar-refractivity contribution is 14.0. The van der Waals surface area contributed by atoms with Gasteiger partial charge < -0.3 is 20.3 Å². The third kappa shape index (κ3) is 7.04. The summed E-state index contributed by atoms with van der Waals surface area (Å²) in [6, 6.07) is 14.5. The highest BCUT2D eigenvalue weighted by atomic mass is 127. The topological polar surface area (TPSA) is 61.8 Å². The third-order valence-corrected chi connectivity index (χ3v) is 5.24. The first kappa shape index (κ1) is 23.2. The number of hydrogen-bond donors (Lipinski definition) is 2. The number of nitrogens with one attached hydrogen (secondary N) is 2. The lowest BCUT2D eigenvalue weighted by molar-refractivity contribution is 0.311. The molecule has 3 rings (SSSR count). The van der Waals surface area contributed by atoms with E-state index in [0.717, 1.165) is 35.5 Å². The molecule has 1 aromatic heterocycles. The quantitative estimate of drug-likeness (QED) is 0.201. The summed E-state index contributed by atoms with van der Waals surface area (Å²) in [4.78, 5) is 10.8. The molecular formula is C21H28IN5OS. The maximum atomic E-state index is 5.87. The van der Waals surface area contributed by atoms with Gasteiger partial charge in [-0.2, -0.15) is 0 Å². The van der Waals surface area contributed by atoms with Gasteiger partial charge >= 0.3 is 0 Å². The molecular weight excluding hydrogens is 497 g/mol. The zero-order chi connectivity index (χ0) is 19.8. The van der Waals surface area contributed by atoms with Gasteiger partial charge in [-0.05, 0) is 29.3 Å². The maximum absolute atomic E-state index is 5.87. The van der Waals surface area contributed by atoms with E-state index in [2.05, 4.69) is 50.3 Å². The van der Waals surface area contributed by atoms with Crippen molar-refractivity contribution >= 4 is 57.2 Å². The fourth-order valence-corrected chi connectivity index (χ4v) is 3.46. The number of guanidine groups is 1. The highest BCUT2D eigenvalue weighted by Gasteiger charge is 2.05. The number of ether oxygens (including phenoxy) is 1. The van der Waals surface area contributed by atoms with Gasteiger partial charge in [0, 0.05) is 33.1 Å². The summed E-state index contributed by atoms with van der Waals surface area (Å²) in [6.45, 7) is 2.09. The smallest absolute Gasteiger partial charge is 0.191 e. The van der Waals surface area contributed by atoms with Crippen molar-refractivity contribution in [3.63, 3.8) is 0 Å². The first-order valence-electron chi connectivity index (χ1n) is 9.33. The van der Waals surface area contributed by atoms with E-state index >= 15 is 0 Å². The van der Waals surface area contributed by atoms with Crippen LogP contribution in [0.25, 0.3) is 10.8 Å². The summed E-state index contributed by atoms with van der Waals surface area (Å²) < 4.78 is 5.87. The van der Waals surface area contributed by atoms with Crippen LogP contribution in [0, 0.1) is 0 Å². The van der Waals surface area contributed by atoms with Gasteiger partial charge in [0.15, 0.2) is 11.1 Å². The predicted molar refractivity (Wildman–Crippen MR) is 134 cm³/mol. The number of aromatic nitrogens is 1. The van der Waals surface area contributed by atoms with Gasteiger partial charge in [0.1, 0.15) is 5.75 Å². The Morgan fingerprint density at radius 3 is 2.66 bits per heavy atom. The van der Waals surface area contributed by atoms with Crippen molar-refractivity contribution in [2.24, 2.45) is 4.99 Å². The average molecular weight is 525 g/mol. The van der Waals surface area contributed by atoms with Crippen LogP contribution in [0.3, 0.4) is 0 Å². The minimum absolute atomic E-state index is 0. The molecule has 2 aromatic carbocycles. The molecule has 3 aromatic rings. The summed E-state index contributed by atoms with van der Waals surface area (Å²) in [7, 11) is 5.76. The van der Waals surface area contributed by atoms with E-state index in [0.29, 0.717) is 13.2 Å². The van der Waals surface area contributed by atoms with Crippen LogP contribution >= 0.6 is 35.3 Å². The molecule has 0 unspecified atom stereocenters. The number of benzene rings is 2. The van der Waals surface area contributed by atoms with Crippen LogP contribution in [0.15, 0.2) is 52.8 Å². The molecule has 0 saturated heterocycles. The molecule has 29 heavy (non-hydrogen) atoms. The molecule has 0 atom stereocenters. The van der Waals surface area contributed by atoms with Crippen molar-refractivity contribution in [1.29, 1.82) is 0 Å². The highest BCUT2D eigenvalue weighted by Crippen LogP contribution is 2.20. The number of halogens is 1. The number of hydrogen-bond acceptors (Lipinski definition) is 5. The Bertz CT molecular complexity index is 928. The largest absolute Gasteiger partial charge is 0.494 e. The molecule has 0 fully saturated rings. The number of aliphatic imine (C=N–C) groups is 1. The number of nitrogens with zero attached hydrogens (tertiary/aromatic N) is 3. The van der Waals surface area contributed by atoms with Crippen molar-refractivity contribution in [2.75, 3.05) is 39.2 Å². The van der Waals surface area contributed by atoms with Gasteiger partial charge in [-0.25, -0.2) is 4.98 Å². The van der Waals surface area contributed by atoms with Crippen molar-refractivity contribution in [1.82, 2.24) is 15.6 Å². The number of thiazole rings is 1. The van der Waals surface area contributed by atoms with Crippen LogP contribution in [-0.4, -0.2) is 45.2 Å². The van der Waals surface area contributed by atoms with Crippen molar-refractivity contribution in [3.05, 3.63) is 53.5 Å². The van der Waals surface area contributed by atoms with Crippen molar-refractivity contribution in [2.45, 2.75) is 13.0 Å². The van der Waals surface area contributed by atoms with E-state index in [1.165, 1.54) is 10.8 Å². The lowest BCUT2D eigenvalue weighted by atomic mass is 10.1. The summed E-state index contributed by atoms with van der Waals surface area (Å²) in [5.74, 6) is 1.67. The molecule has 0 aliphatic carbocycles. The fraction of sp³-hybridized carbons (Fsp3) is 0.333. The number of rotatable bonds is 8. The Hall–Kier alpha value is -2.07. The van der Waals surface area contributed by atoms with Gasteiger partial charge in [0.25, 0.3) is 0 Å². The second kappa shape index (κ2) is 11.8. The Morgan fingerprint density at radius 2 is 1.93 bits per heavy atom. The van der Waals surface area contributed by atoms with E-state index in [-0.39, 0.29) is 24.0 Å². The molecule has 1 heterocycles. The van der Waals surface area contributed by atoms with Crippen molar-refractivity contribution < 1.29 is 4.74 Å². The van der Waals surface area contributed by atoms with Crippen LogP contribution in [-0.2, 0) is 6.54 Å². The number of fused-ring (bicyclic) bond motifs is 1. The van der Waals surface area contributed by atoms with Gasteiger partial charge in [-0.1, -0.05) is 30.3 Å². The Morgan fingerprint density at radius 1 is 1.14 bits per heavy atom. The lowest BCUT2D eigenvalue weighted by Gasteiger charge is -2.12. The van der Waals surface area contributed by atoms with Crippen LogP contribution < -0.4 is 20.3 Å². The second-order valence-electron chi connectivity index (χ2n) is 6.58. The summed E-state index contributed by atoms with van der Waals surface area (Å²) in [5.41, 5.74) is 1.01. The van der Waals surface area contributed by atoms with Crippen LogP contribution in [0.1, 0.15) is 12.1 Å². The van der Waals surface area contributed by atoms with E-state index in [1.807, 2.05) is 37.2 Å². The summed E-state index contributed by atoms with van der Waals surface area (Å²) >= 11 is 1.64. The predicted octanol–water partition coefficient (Wildman–Crippen LogP) is 4.11. The van der Waals surface area contributed by atoms with E-state index in [4.69, 9.17) is 4.74 Å². The second-order valence-corrected chi connectivity index (χ2v) is 7.42. The first-order chi connectivity index (χ1) is 13.7. The molecule has 0 aliphatic heterocycles. The normalized spacial score (nSPS) is 11.1. The van der Waals surface area contributed by atoms with Gasteiger partial charge in [0.05, 0.1) is 18.8 Å². The number of anilines is 1. The zero-order valence-corrected chi connectivity index (χ0v) is 20.2. The molecule has 6 nitrogen and oxygen atoms in total. The maximum Gasteiger partial charge on any atom is 0.191 e. The van der Waals surface area contributed by atoms with E-state index in [1.54, 1.807) is 18.4 Å².